The number of aromatic nitrogens is 1. The Balaban J connectivity index is 0.868. The lowest BCUT2D eigenvalue weighted by atomic mass is 9.54. The van der Waals surface area contributed by atoms with Crippen LogP contribution < -0.4 is 10.1 Å². The van der Waals surface area contributed by atoms with Gasteiger partial charge in [0.2, 0.25) is 5.91 Å². The SMILES string of the molecule is Cc1onc(-c2ccc(OCCOC3CCC4C5CCC6=C(CCC(=O)C6)C5CCC34C)c(Cl)c2)c1C(=O)NC1C(=O)N2C1SC(C)(C)C2C(=O)O. The van der Waals surface area contributed by atoms with Gasteiger partial charge in [0.05, 0.1) is 17.7 Å². The first-order chi connectivity index (χ1) is 24.8. The Hall–Kier alpha value is -3.35. The van der Waals surface area contributed by atoms with Crippen molar-refractivity contribution in [3.05, 3.63) is 45.7 Å². The molecule has 2 saturated heterocycles. The molecular weight excluding hydrogens is 706 g/mol. The molecule has 4 aliphatic carbocycles. The molecule has 8 rings (SSSR count). The second-order valence-electron chi connectivity index (χ2n) is 16.2. The number of allylic oxidation sites excluding steroid dienone is 2. The van der Waals surface area contributed by atoms with Crippen LogP contribution in [0.3, 0.4) is 0 Å². The summed E-state index contributed by atoms with van der Waals surface area (Å²) in [6.45, 7) is 8.41. The topological polar surface area (TPSA) is 148 Å². The van der Waals surface area contributed by atoms with Crippen LogP contribution in [0.4, 0.5) is 0 Å². The molecule has 0 spiro atoms. The van der Waals surface area contributed by atoms with Crippen LogP contribution in [0.25, 0.3) is 11.3 Å². The number of thioether (sulfide) groups is 1. The van der Waals surface area contributed by atoms with E-state index in [1.165, 1.54) is 41.5 Å². The van der Waals surface area contributed by atoms with Crippen LogP contribution in [0.5, 0.6) is 5.75 Å². The van der Waals surface area contributed by atoms with Crippen LogP contribution in [-0.4, -0.2) is 80.3 Å². The first kappa shape index (κ1) is 35.7. The van der Waals surface area contributed by atoms with Crippen molar-refractivity contribution in [3.63, 3.8) is 0 Å². The van der Waals surface area contributed by atoms with Crippen molar-refractivity contribution in [2.45, 2.75) is 114 Å². The zero-order chi connectivity index (χ0) is 36.7. The minimum absolute atomic E-state index is 0.154. The van der Waals surface area contributed by atoms with Crippen LogP contribution in [0.15, 0.2) is 33.9 Å². The number of ketones is 1. The minimum atomic E-state index is -1.07. The number of rotatable bonds is 9. The summed E-state index contributed by atoms with van der Waals surface area (Å²) in [4.78, 5) is 51.8. The molecular formula is C39H46ClN3O8S. The molecule has 6 aliphatic rings. The molecule has 2 amide bonds. The summed E-state index contributed by atoms with van der Waals surface area (Å²) < 4.78 is 17.3. The lowest BCUT2D eigenvalue weighted by Gasteiger charge is -2.51. The molecule has 8 atom stereocenters. The fraction of sp³-hybridized carbons (Fsp3) is 0.615. The highest BCUT2D eigenvalue weighted by atomic mass is 35.5. The lowest BCUT2D eigenvalue weighted by molar-refractivity contribution is -0.159. The Morgan fingerprint density at radius 2 is 1.92 bits per heavy atom. The number of hydrogen-bond donors (Lipinski definition) is 2. The van der Waals surface area contributed by atoms with Gasteiger partial charge in [-0.15, -0.1) is 11.8 Å². The minimum Gasteiger partial charge on any atom is -0.490 e. The predicted molar refractivity (Wildman–Crippen MR) is 194 cm³/mol. The van der Waals surface area contributed by atoms with Gasteiger partial charge in [0.25, 0.3) is 5.91 Å². The number of amides is 2. The molecule has 0 radical (unpaired) electrons. The van der Waals surface area contributed by atoms with Gasteiger partial charge in [-0.25, -0.2) is 4.79 Å². The van der Waals surface area contributed by atoms with E-state index in [0.717, 1.165) is 32.1 Å². The number of hydrogen-bond acceptors (Lipinski definition) is 9. The van der Waals surface area contributed by atoms with Crippen molar-refractivity contribution in [1.82, 2.24) is 15.4 Å². The summed E-state index contributed by atoms with van der Waals surface area (Å²) in [7, 11) is 0. The quantitative estimate of drug-likeness (QED) is 0.163. The summed E-state index contributed by atoms with van der Waals surface area (Å²) in [5.41, 5.74) is 4.24. The number of ether oxygens (including phenoxy) is 2. The summed E-state index contributed by atoms with van der Waals surface area (Å²) in [6.07, 6.45) is 9.48. The maximum Gasteiger partial charge on any atom is 0.327 e. The second-order valence-corrected chi connectivity index (χ2v) is 18.4. The maximum absolute atomic E-state index is 13.5. The first-order valence-corrected chi connectivity index (χ1v) is 19.8. The molecule has 13 heteroatoms. The van der Waals surface area contributed by atoms with Gasteiger partial charge in [-0.05, 0) is 107 Å². The van der Waals surface area contributed by atoms with Gasteiger partial charge < -0.3 is 29.3 Å². The van der Waals surface area contributed by atoms with Crippen molar-refractivity contribution in [2.75, 3.05) is 13.2 Å². The number of carbonyl (C=O) groups excluding carboxylic acids is 3. The summed E-state index contributed by atoms with van der Waals surface area (Å²) in [5.74, 6) is 1.15. The second kappa shape index (κ2) is 13.2. The van der Waals surface area contributed by atoms with Crippen LogP contribution in [-0.2, 0) is 19.1 Å². The fourth-order valence-corrected chi connectivity index (χ4v) is 12.4. The van der Waals surface area contributed by atoms with Crippen molar-refractivity contribution in [2.24, 2.45) is 23.2 Å². The van der Waals surface area contributed by atoms with Gasteiger partial charge >= 0.3 is 5.97 Å². The lowest BCUT2D eigenvalue weighted by Crippen LogP contribution is -2.70. The molecule has 11 nitrogen and oxygen atoms in total. The van der Waals surface area contributed by atoms with Crippen LogP contribution >= 0.6 is 23.4 Å². The average molecular weight is 752 g/mol. The van der Waals surface area contributed by atoms with Crippen LogP contribution in [0.2, 0.25) is 5.02 Å². The van der Waals surface area contributed by atoms with E-state index in [-0.39, 0.29) is 28.5 Å². The highest BCUT2D eigenvalue weighted by molar-refractivity contribution is 8.01. The van der Waals surface area contributed by atoms with E-state index in [9.17, 15) is 24.3 Å². The van der Waals surface area contributed by atoms with Crippen molar-refractivity contribution >= 4 is 46.9 Å². The number of aryl methyl sites for hydroxylation is 1. The molecule has 278 valence electrons. The van der Waals surface area contributed by atoms with Crippen molar-refractivity contribution < 1.29 is 38.3 Å². The molecule has 52 heavy (non-hydrogen) atoms. The van der Waals surface area contributed by atoms with Crippen molar-refractivity contribution in [1.29, 1.82) is 0 Å². The Morgan fingerprint density at radius 1 is 1.12 bits per heavy atom. The number of β-lactam (4-membered cyclic amide) rings is 1. The number of aliphatic carboxylic acids is 1. The monoisotopic (exact) mass is 751 g/mol. The van der Waals surface area contributed by atoms with Crippen molar-refractivity contribution in [3.8, 4) is 17.0 Å². The van der Waals surface area contributed by atoms with E-state index in [1.807, 2.05) is 0 Å². The zero-order valence-electron chi connectivity index (χ0n) is 30.0. The molecule has 2 saturated carbocycles. The summed E-state index contributed by atoms with van der Waals surface area (Å²) in [6, 6.07) is 3.33. The van der Waals surface area contributed by atoms with Gasteiger partial charge in [0, 0.05) is 23.2 Å². The number of halogens is 1. The van der Waals surface area contributed by atoms with E-state index < -0.39 is 40.0 Å². The van der Waals surface area contributed by atoms with E-state index >= 15 is 0 Å². The van der Waals surface area contributed by atoms with E-state index in [1.54, 1.807) is 44.5 Å². The number of benzene rings is 1. The summed E-state index contributed by atoms with van der Waals surface area (Å²) >= 11 is 8.03. The third kappa shape index (κ3) is 5.78. The number of Topliss-reactive ketones (excluding diaryl/α,β-unsaturated/α-hetero) is 1. The van der Waals surface area contributed by atoms with Gasteiger partial charge in [0.15, 0.2) is 0 Å². The molecule has 2 N–H and O–H groups in total. The highest BCUT2D eigenvalue weighted by Gasteiger charge is 2.64. The first-order valence-electron chi connectivity index (χ1n) is 18.5. The average Bonchev–Trinajstić information content (AvgIpc) is 3.74. The number of nitrogens with one attached hydrogen (secondary N) is 1. The normalized spacial score (nSPS) is 33.2. The largest absolute Gasteiger partial charge is 0.490 e. The van der Waals surface area contributed by atoms with Gasteiger partial charge in [-0.2, -0.15) is 0 Å². The Bertz CT molecular complexity index is 1870. The van der Waals surface area contributed by atoms with Gasteiger partial charge in [-0.1, -0.05) is 34.8 Å². The van der Waals surface area contributed by atoms with E-state index in [2.05, 4.69) is 17.4 Å². The summed E-state index contributed by atoms with van der Waals surface area (Å²) in [5, 5.41) is 16.5. The molecule has 1 aromatic heterocycles. The van der Waals surface area contributed by atoms with Crippen LogP contribution in [0.1, 0.15) is 94.7 Å². The fourth-order valence-electron chi connectivity index (χ4n) is 10.6. The highest BCUT2D eigenvalue weighted by Crippen LogP contribution is 2.61. The van der Waals surface area contributed by atoms with Crippen LogP contribution in [0, 0.1) is 30.1 Å². The molecule has 2 aliphatic heterocycles. The zero-order valence-corrected chi connectivity index (χ0v) is 31.6. The Labute approximate surface area is 312 Å². The molecule has 4 fully saturated rings. The Kier molecular flexibility index (Phi) is 9.05. The van der Waals surface area contributed by atoms with Gasteiger partial charge in [0.1, 0.15) is 52.6 Å². The third-order valence-corrected chi connectivity index (χ3v) is 14.9. The molecule has 0 bridgehead atoms. The predicted octanol–water partition coefficient (Wildman–Crippen LogP) is 6.60. The van der Waals surface area contributed by atoms with E-state index in [4.69, 9.17) is 25.6 Å². The number of carbonyl (C=O) groups is 4. The molecule has 8 unspecified atom stereocenters. The molecule has 1 aromatic carbocycles. The maximum atomic E-state index is 13.5. The number of carboxylic acid groups (broad SMARTS) is 1. The smallest absolute Gasteiger partial charge is 0.327 e. The Morgan fingerprint density at radius 3 is 2.69 bits per heavy atom. The molecule has 2 aromatic rings. The molecule has 3 heterocycles. The standard InChI is InChI=1S/C39H46ClN3O8S/c1-19-30(34(45)41-32-35(46)43-33(37(47)48)38(2,3)52-36(32)43)31(42-51-19)21-6-11-28(27(40)18-21)49-15-16-50-29-12-10-26-25-8-5-20-17-22(44)7-9-23(20)24(25)13-14-39(26,29)4/h6,11,18,24-26,29,32-33,36H,5,7-10,12-17H2,1-4H3,(H,41,45)(H,47,48). The van der Waals surface area contributed by atoms with E-state index in [0.29, 0.717) is 59.5 Å². The third-order valence-electron chi connectivity index (χ3n) is 13.0. The number of fused-ring (bicyclic) bond motifs is 5. The van der Waals surface area contributed by atoms with Gasteiger partial charge in [-0.3, -0.25) is 14.4 Å². The number of carboxylic acids is 1. The number of nitrogens with zero attached hydrogens (tertiary/aromatic N) is 2.